The Labute approximate surface area is 221 Å². The van der Waals surface area contributed by atoms with Crippen LogP contribution in [-0.4, -0.2) is 11.9 Å². The summed E-state index contributed by atoms with van der Waals surface area (Å²) in [4.78, 5) is 26.0. The van der Waals surface area contributed by atoms with Crippen molar-refractivity contribution in [3.63, 3.8) is 0 Å². The Morgan fingerprint density at radius 3 is 1.23 bits per heavy atom. The molecule has 0 fully saturated rings. The van der Waals surface area contributed by atoms with E-state index in [2.05, 4.69) is 0 Å². The molecule has 0 aliphatic heterocycles. The fourth-order valence-corrected chi connectivity index (χ4v) is 11.4. The second-order valence-electron chi connectivity index (χ2n) is 7.63. The molecule has 4 rings (SSSR count). The van der Waals surface area contributed by atoms with E-state index in [9.17, 15) is 9.59 Å². The molecule has 0 bridgehead atoms. The molecule has 178 valence electrons. The number of hydrogen-bond donors (Lipinski definition) is 0. The topological polar surface area (TPSA) is 52.6 Å². The molecule has 0 aliphatic carbocycles. The molecular formula is C29H26I2O4+2. The van der Waals surface area contributed by atoms with Crippen LogP contribution in [0.3, 0.4) is 0 Å². The maximum absolute atomic E-state index is 13.1. The molecule has 1 atom stereocenters. The average Bonchev–Trinajstić information content (AvgIpc) is 2.92. The third kappa shape index (κ3) is 7.14. The van der Waals surface area contributed by atoms with Crippen molar-refractivity contribution in [1.29, 1.82) is 0 Å². The summed E-state index contributed by atoms with van der Waals surface area (Å²) in [5.41, 5.74) is 0. The summed E-state index contributed by atoms with van der Waals surface area (Å²) >= 11 is -4.88. The number of rotatable bonds is 9. The summed E-state index contributed by atoms with van der Waals surface area (Å²) in [6.45, 7) is 1.73. The Kier molecular flexibility index (Phi) is 9.30. The van der Waals surface area contributed by atoms with E-state index < -0.39 is 46.4 Å². The van der Waals surface area contributed by atoms with Crippen LogP contribution in [0.4, 0.5) is 0 Å². The molecule has 2 radical (unpaired) electrons. The minimum Gasteiger partial charge on any atom is -0.247 e. The van der Waals surface area contributed by atoms with E-state index in [4.69, 9.17) is 6.13 Å². The third-order valence-electron chi connectivity index (χ3n) is 4.92. The van der Waals surface area contributed by atoms with Crippen LogP contribution in [0, 0.1) is 20.2 Å². The van der Waals surface area contributed by atoms with E-state index >= 15 is 0 Å². The third-order valence-corrected chi connectivity index (χ3v) is 14.1. The molecule has 4 aromatic rings. The van der Waals surface area contributed by atoms with Gasteiger partial charge in [0.15, 0.2) is 14.3 Å². The van der Waals surface area contributed by atoms with Crippen molar-refractivity contribution in [2.75, 3.05) is 0 Å². The largest absolute Gasteiger partial charge is 0.363 e. The van der Waals surface area contributed by atoms with Crippen LogP contribution in [-0.2, 0) is 15.7 Å². The predicted molar refractivity (Wildman–Crippen MR) is 127 cm³/mol. The van der Waals surface area contributed by atoms with Crippen molar-refractivity contribution in [3.05, 3.63) is 136 Å². The van der Waals surface area contributed by atoms with Gasteiger partial charge in [-0.2, -0.15) is 0 Å². The van der Waals surface area contributed by atoms with Gasteiger partial charge in [0.25, 0.3) is 0 Å². The Morgan fingerprint density at radius 2 is 0.886 bits per heavy atom. The molecule has 4 aromatic carbocycles. The van der Waals surface area contributed by atoms with Crippen LogP contribution in [0.25, 0.3) is 0 Å². The summed E-state index contributed by atoms with van der Waals surface area (Å²) in [5.74, 6) is -1.33. The van der Waals surface area contributed by atoms with Crippen LogP contribution in [0.5, 0.6) is 0 Å². The summed E-state index contributed by atoms with van der Waals surface area (Å²) in [5, 5.41) is 0. The number of halogens is 2. The quantitative estimate of drug-likeness (QED) is 0.226. The highest BCUT2D eigenvalue weighted by Gasteiger charge is 2.38. The van der Waals surface area contributed by atoms with Gasteiger partial charge >= 0.3 is 52.4 Å². The van der Waals surface area contributed by atoms with E-state index in [0.717, 1.165) is 14.3 Å². The molecule has 0 N–H and O–H groups in total. The Bertz CT molecular complexity index is 1140. The maximum atomic E-state index is 13.1. The lowest BCUT2D eigenvalue weighted by atomic mass is 10.1. The SMILES string of the molecule is CC(CC(=O)O[I+](c1ccccc1)c1ccccc1)C(=O)O[I+](c1ccccc1)c1ccccc1. The molecule has 0 aromatic heterocycles. The highest BCUT2D eigenvalue weighted by molar-refractivity contribution is 5.78. The van der Waals surface area contributed by atoms with Gasteiger partial charge in [0.1, 0.15) is 0 Å². The van der Waals surface area contributed by atoms with Gasteiger partial charge < -0.3 is 0 Å². The Balaban J connectivity index is 1.45. The van der Waals surface area contributed by atoms with E-state index in [-0.39, 0.29) is 18.4 Å². The van der Waals surface area contributed by atoms with Crippen LogP contribution in [0.2, 0.25) is 0 Å². The molecule has 0 heterocycles. The minimum atomic E-state index is -2.44. The second-order valence-corrected chi connectivity index (χ2v) is 16.3. The fraction of sp³-hybridized carbons (Fsp3) is 0.103. The first-order chi connectivity index (χ1) is 17.1. The summed E-state index contributed by atoms with van der Waals surface area (Å²) in [6, 6.07) is 39.4. The van der Waals surface area contributed by atoms with Gasteiger partial charge in [0.05, 0.1) is 12.3 Å². The van der Waals surface area contributed by atoms with Gasteiger partial charge in [-0.25, -0.2) is 15.7 Å². The molecule has 1 unspecified atom stereocenters. The van der Waals surface area contributed by atoms with Crippen molar-refractivity contribution in [3.8, 4) is 0 Å². The highest BCUT2D eigenvalue weighted by Crippen LogP contribution is 2.03. The highest BCUT2D eigenvalue weighted by atomic mass is 127. The van der Waals surface area contributed by atoms with E-state index in [0.29, 0.717) is 0 Å². The number of hydrogen-bond acceptors (Lipinski definition) is 4. The summed E-state index contributed by atoms with van der Waals surface area (Å²) in [6.07, 6.45) is -0.0138. The number of carbonyl (C=O) groups excluding carboxylic acids is 2. The van der Waals surface area contributed by atoms with Crippen LogP contribution < -0.4 is 40.5 Å². The molecule has 0 saturated heterocycles. The van der Waals surface area contributed by atoms with Crippen molar-refractivity contribution in [2.24, 2.45) is 5.92 Å². The standard InChI is InChI=1S/C29H26I2O4/c1-23(29(33)35-31(26-18-10-4-11-19-26)27-20-12-5-13-21-27)22-28(32)34-30(24-14-6-2-7-15-24)25-16-8-3-9-17-25/h2-21,23H,22H2,1H3/q+2. The first-order valence-corrected chi connectivity index (χ1v) is 17.2. The van der Waals surface area contributed by atoms with Gasteiger partial charge in [-0.3, -0.25) is 0 Å². The first kappa shape index (κ1) is 25.4. The fourth-order valence-electron chi connectivity index (χ4n) is 3.15. The molecule has 6 heteroatoms. The predicted octanol–water partition coefficient (Wildman–Crippen LogP) is -0.342. The smallest absolute Gasteiger partial charge is 0.247 e. The maximum Gasteiger partial charge on any atom is 0.363 e. The summed E-state index contributed by atoms with van der Waals surface area (Å²) < 4.78 is 16.3. The van der Waals surface area contributed by atoms with E-state index in [1.807, 2.05) is 121 Å². The van der Waals surface area contributed by atoms with E-state index in [1.165, 1.54) is 0 Å². The number of benzene rings is 4. The lowest BCUT2D eigenvalue weighted by molar-refractivity contribution is -1.04. The van der Waals surface area contributed by atoms with Crippen LogP contribution in [0.15, 0.2) is 121 Å². The monoisotopic (exact) mass is 692 g/mol. The molecular weight excluding hydrogens is 666 g/mol. The first-order valence-electron chi connectivity index (χ1n) is 11.2. The van der Waals surface area contributed by atoms with E-state index in [1.54, 1.807) is 6.92 Å². The van der Waals surface area contributed by atoms with Gasteiger partial charge in [0, 0.05) is 0 Å². The zero-order valence-electron chi connectivity index (χ0n) is 19.2. The Hall–Kier alpha value is -2.72. The minimum absolute atomic E-state index is 0.0138. The molecule has 0 spiro atoms. The second kappa shape index (κ2) is 12.8. The van der Waals surface area contributed by atoms with Gasteiger partial charge in [-0.1, -0.05) is 79.7 Å². The molecule has 35 heavy (non-hydrogen) atoms. The van der Waals surface area contributed by atoms with Gasteiger partial charge in [-0.05, 0) is 48.5 Å². The van der Waals surface area contributed by atoms with Gasteiger partial charge in [-0.15, -0.1) is 0 Å². The Morgan fingerprint density at radius 1 is 0.571 bits per heavy atom. The lowest BCUT2D eigenvalue weighted by Gasteiger charge is -2.10. The average molecular weight is 692 g/mol. The normalized spacial score (nSPS) is 11.7. The zero-order chi connectivity index (χ0) is 24.5. The lowest BCUT2D eigenvalue weighted by Crippen LogP contribution is -3.85. The van der Waals surface area contributed by atoms with Crippen molar-refractivity contribution >= 4 is 11.9 Å². The van der Waals surface area contributed by atoms with Crippen molar-refractivity contribution < 1.29 is 56.2 Å². The van der Waals surface area contributed by atoms with Crippen molar-refractivity contribution in [1.82, 2.24) is 0 Å². The number of carbonyl (C=O) groups is 2. The van der Waals surface area contributed by atoms with Crippen molar-refractivity contribution in [2.45, 2.75) is 13.3 Å². The van der Waals surface area contributed by atoms with Gasteiger partial charge in [0.2, 0.25) is 0 Å². The molecule has 4 nitrogen and oxygen atoms in total. The summed E-state index contributed by atoms with van der Waals surface area (Å²) in [7, 11) is 0. The van der Waals surface area contributed by atoms with Crippen LogP contribution in [0.1, 0.15) is 13.3 Å². The van der Waals surface area contributed by atoms with Crippen LogP contribution >= 0.6 is 0 Å². The zero-order valence-corrected chi connectivity index (χ0v) is 23.5. The molecule has 0 aliphatic rings. The molecule has 0 saturated carbocycles. The molecule has 0 amide bonds.